The van der Waals surface area contributed by atoms with Crippen molar-refractivity contribution in [1.82, 2.24) is 46.6 Å². The number of rotatable bonds is 26. The molecule has 3 fully saturated rings. The molecule has 12 N–H and O–H groups in total. The molecule has 564 valence electrons. The van der Waals surface area contributed by atoms with Gasteiger partial charge < -0.3 is 73.3 Å². The van der Waals surface area contributed by atoms with Gasteiger partial charge in [0.15, 0.2) is 0 Å². The highest BCUT2D eigenvalue weighted by molar-refractivity contribution is 6.36. The summed E-state index contributed by atoms with van der Waals surface area (Å²) >= 11 is 25.2. The number of methoxy groups -OCH3 is 2. The van der Waals surface area contributed by atoms with Crippen molar-refractivity contribution in [3.63, 3.8) is 0 Å². The Labute approximate surface area is 646 Å². The number of hydrogen-bond donors (Lipinski definition) is 9. The van der Waals surface area contributed by atoms with Crippen molar-refractivity contribution in [2.75, 3.05) is 73.1 Å². The first-order valence-corrected chi connectivity index (χ1v) is 38.1. The van der Waals surface area contributed by atoms with Crippen LogP contribution < -0.4 is 58.6 Å². The fraction of sp³-hybridized carbons (Fsp3) is 0.349. The summed E-state index contributed by atoms with van der Waals surface area (Å²) in [7, 11) is 3.22. The van der Waals surface area contributed by atoms with E-state index in [2.05, 4.69) is 31.9 Å². The SMILES string of the molecule is COc1cc(CN2CC[C@@H](CNC(=O)c3ccc4ccccc4c3)N[C@@H](CCCN)C2=O)cc(OC)c1.NCCC[C@@H]1N[C@H](CNC(=O)c2ccc3ccccc3c2)CCN(Cc2c(Cl)cccc2Cl)C1=O.NCCC[C@@H]1N[C@H](CNC(=O)c2ccc3ccccc3c2)CCN(Cc2cc(Cl)ccc2Cl)C1=O. The van der Waals surface area contributed by atoms with E-state index in [1.807, 2.05) is 155 Å². The van der Waals surface area contributed by atoms with Crippen LogP contribution >= 0.6 is 46.4 Å². The van der Waals surface area contributed by atoms with Crippen LogP contribution in [-0.4, -0.2) is 160 Å². The van der Waals surface area contributed by atoms with Crippen LogP contribution in [0.1, 0.15) is 106 Å². The summed E-state index contributed by atoms with van der Waals surface area (Å²) < 4.78 is 10.8. The van der Waals surface area contributed by atoms with E-state index in [1.165, 1.54) is 0 Å². The van der Waals surface area contributed by atoms with Gasteiger partial charge in [-0.15, -0.1) is 0 Å². The molecule has 0 unspecified atom stereocenters. The monoisotopic (exact) mass is 1530 g/mol. The predicted molar refractivity (Wildman–Crippen MR) is 428 cm³/mol. The topological polar surface area (TPSA) is 281 Å². The number of nitrogens with zero attached hydrogens (tertiary/aromatic N) is 3. The van der Waals surface area contributed by atoms with E-state index in [-0.39, 0.29) is 71.7 Å². The Morgan fingerprint density at radius 3 is 1.16 bits per heavy atom. The quantitative estimate of drug-likeness (QED) is 0.0244. The molecule has 0 bridgehead atoms. The van der Waals surface area contributed by atoms with E-state index in [1.54, 1.807) is 55.5 Å². The van der Waals surface area contributed by atoms with E-state index < -0.39 is 0 Å². The zero-order valence-electron chi connectivity index (χ0n) is 60.5. The van der Waals surface area contributed by atoms with E-state index >= 15 is 0 Å². The van der Waals surface area contributed by atoms with Crippen LogP contribution in [0.15, 0.2) is 182 Å². The normalized spacial score (nSPS) is 18.3. The third kappa shape index (κ3) is 22.8. The van der Waals surface area contributed by atoms with Gasteiger partial charge in [0.25, 0.3) is 17.7 Å². The van der Waals surface area contributed by atoms with Gasteiger partial charge in [-0.25, -0.2) is 0 Å². The lowest BCUT2D eigenvalue weighted by atomic mass is 10.1. The summed E-state index contributed by atoms with van der Waals surface area (Å²) in [4.78, 5) is 84.3. The van der Waals surface area contributed by atoms with Crippen LogP contribution in [-0.2, 0) is 34.0 Å². The predicted octanol–water partition coefficient (Wildman–Crippen LogP) is 11.8. The van der Waals surface area contributed by atoms with Gasteiger partial charge in [-0.3, -0.25) is 28.8 Å². The molecular weight excluding hydrogens is 1430 g/mol. The largest absolute Gasteiger partial charge is 0.497 e. The van der Waals surface area contributed by atoms with Gasteiger partial charge in [-0.1, -0.05) is 143 Å². The van der Waals surface area contributed by atoms with E-state index in [9.17, 15) is 28.8 Å². The Kier molecular flexibility index (Phi) is 30.4. The molecule has 9 aromatic carbocycles. The van der Waals surface area contributed by atoms with Crippen molar-refractivity contribution in [3.8, 4) is 11.5 Å². The number of ether oxygens (including phenoxy) is 2. The van der Waals surface area contributed by atoms with E-state index in [4.69, 9.17) is 73.1 Å². The number of halogens is 4. The molecule has 3 saturated heterocycles. The lowest BCUT2D eigenvalue weighted by Crippen LogP contribution is -2.48. The Balaban J connectivity index is 0.000000172. The second-order valence-corrected chi connectivity index (χ2v) is 28.8. The van der Waals surface area contributed by atoms with Gasteiger partial charge in [0.2, 0.25) is 17.7 Å². The summed E-state index contributed by atoms with van der Waals surface area (Å²) in [6.45, 7) is 5.62. The van der Waals surface area contributed by atoms with Gasteiger partial charge in [0, 0.05) is 125 Å². The molecule has 0 saturated carbocycles. The summed E-state index contributed by atoms with van der Waals surface area (Å²) in [5.41, 5.74) is 21.5. The van der Waals surface area contributed by atoms with Crippen molar-refractivity contribution in [3.05, 3.63) is 235 Å². The summed E-state index contributed by atoms with van der Waals surface area (Å²) in [5, 5.41) is 28.1. The number of amides is 6. The third-order valence-corrected chi connectivity index (χ3v) is 20.9. The first-order chi connectivity index (χ1) is 51.9. The highest BCUT2D eigenvalue weighted by Crippen LogP contribution is 2.30. The lowest BCUT2D eigenvalue weighted by Gasteiger charge is -2.25. The molecule has 3 aliphatic heterocycles. The maximum Gasteiger partial charge on any atom is 0.251 e. The van der Waals surface area contributed by atoms with Crippen molar-refractivity contribution < 1.29 is 38.2 Å². The van der Waals surface area contributed by atoms with Crippen LogP contribution in [0.25, 0.3) is 32.3 Å². The average molecular weight is 1530 g/mol. The number of nitrogens with one attached hydrogen (secondary N) is 6. The van der Waals surface area contributed by atoms with Crippen molar-refractivity contribution >= 4 is 114 Å². The van der Waals surface area contributed by atoms with Gasteiger partial charge in [-0.2, -0.15) is 0 Å². The molecule has 107 heavy (non-hydrogen) atoms. The van der Waals surface area contributed by atoms with E-state index in [0.717, 1.165) is 68.3 Å². The van der Waals surface area contributed by atoms with Gasteiger partial charge in [-0.05, 0) is 200 Å². The molecule has 0 aromatic heterocycles. The minimum Gasteiger partial charge on any atom is -0.497 e. The first kappa shape index (κ1) is 80.6. The second-order valence-electron chi connectivity index (χ2n) is 27.2. The average Bonchev–Trinajstić information content (AvgIpc) is 1.64. The maximum absolute atomic E-state index is 13.5. The zero-order valence-corrected chi connectivity index (χ0v) is 63.5. The Morgan fingerprint density at radius 1 is 0.421 bits per heavy atom. The Morgan fingerprint density at radius 2 is 0.785 bits per heavy atom. The fourth-order valence-electron chi connectivity index (χ4n) is 13.7. The molecule has 20 nitrogen and oxygen atoms in total. The maximum atomic E-state index is 13.5. The molecule has 12 rings (SSSR count). The number of fused-ring (bicyclic) bond motifs is 3. The van der Waals surface area contributed by atoms with Crippen molar-refractivity contribution in [2.45, 2.75) is 114 Å². The molecule has 0 aliphatic carbocycles. The van der Waals surface area contributed by atoms with E-state index in [0.29, 0.717) is 165 Å². The summed E-state index contributed by atoms with van der Waals surface area (Å²) in [6.07, 6.45) is 6.17. The molecule has 3 heterocycles. The van der Waals surface area contributed by atoms with Crippen LogP contribution in [0.2, 0.25) is 20.1 Å². The minimum atomic E-state index is -0.384. The standard InChI is InChI=1S/C29H36N4O4.2C27H30Cl2N4O2/c1-36-25-14-20(15-26(17-25)37-2)19-33-13-11-24(32-27(29(33)35)8-5-12-30)18-31-28(34)23-10-9-21-6-3-4-7-22(21)16-23;28-23-7-3-8-24(29)22(23)17-33-14-12-21(32-25(27(33)35)9-4-13-30)16-31-26(34)20-11-10-18-5-1-2-6-19(18)15-20;28-22-9-10-24(29)21(15-22)17-33-13-11-23(32-25(27(33)35)6-3-12-30)16-31-26(34)20-8-7-18-4-1-2-5-19(18)14-20/h3-4,6-7,9-10,14-17,24,27,32H,5,8,11-13,18-19,30H2,1-2H3,(H,31,34);1-3,5-8,10-11,15,21,25,32H,4,9,12-14,16-17,30H2,(H,31,34);1-2,4-5,7-10,14-15,23,25,32H,3,6,11-13,16-17,30H2,(H,31,34)/t24-,27-;21-,25-;23-,25-/m000/s1. The molecule has 0 radical (unpaired) electrons. The van der Waals surface area contributed by atoms with Gasteiger partial charge >= 0.3 is 0 Å². The van der Waals surface area contributed by atoms with Crippen molar-refractivity contribution in [2.24, 2.45) is 17.2 Å². The number of carbonyl (C=O) groups is 6. The molecule has 0 spiro atoms. The number of nitrogens with two attached hydrogens (primary N) is 3. The molecule has 9 aromatic rings. The zero-order chi connectivity index (χ0) is 75.8. The summed E-state index contributed by atoms with van der Waals surface area (Å²) in [6, 6.07) is 56.0. The lowest BCUT2D eigenvalue weighted by molar-refractivity contribution is -0.134. The van der Waals surface area contributed by atoms with Crippen LogP contribution in [0.4, 0.5) is 0 Å². The number of carbonyl (C=O) groups excluding carboxylic acids is 6. The highest BCUT2D eigenvalue weighted by atomic mass is 35.5. The molecule has 6 atom stereocenters. The van der Waals surface area contributed by atoms with Crippen LogP contribution in [0.3, 0.4) is 0 Å². The van der Waals surface area contributed by atoms with Crippen LogP contribution in [0.5, 0.6) is 11.5 Å². The molecule has 6 amide bonds. The van der Waals surface area contributed by atoms with Crippen LogP contribution in [0, 0.1) is 0 Å². The van der Waals surface area contributed by atoms with Gasteiger partial charge in [0.1, 0.15) is 11.5 Å². The fourth-order valence-corrected chi connectivity index (χ4v) is 14.5. The highest BCUT2D eigenvalue weighted by Gasteiger charge is 2.35. The van der Waals surface area contributed by atoms with Gasteiger partial charge in [0.05, 0.1) is 32.3 Å². The second kappa shape index (κ2) is 40.3. The summed E-state index contributed by atoms with van der Waals surface area (Å²) in [5.74, 6) is 1.03. The molecular formula is C83H96Cl4N12O8. The molecule has 3 aliphatic rings. The Hall–Kier alpha value is -8.90. The first-order valence-electron chi connectivity index (χ1n) is 36.6. The number of benzene rings is 9. The smallest absolute Gasteiger partial charge is 0.251 e. The number of hydrogen-bond acceptors (Lipinski definition) is 14. The third-order valence-electron chi connectivity index (χ3n) is 19.6. The minimum absolute atomic E-state index is 0.00204. The Bertz CT molecular complexity index is 4490. The molecule has 24 heteroatoms. The van der Waals surface area contributed by atoms with Crippen molar-refractivity contribution in [1.29, 1.82) is 0 Å².